The van der Waals surface area contributed by atoms with Crippen LogP contribution in [0.25, 0.3) is 0 Å². The van der Waals surface area contributed by atoms with Crippen molar-refractivity contribution >= 4 is 17.5 Å². The number of hydrogen-bond acceptors (Lipinski definition) is 5. The van der Waals surface area contributed by atoms with Crippen LogP contribution in [0.5, 0.6) is 5.75 Å². The summed E-state index contributed by atoms with van der Waals surface area (Å²) >= 11 is 5.99. The summed E-state index contributed by atoms with van der Waals surface area (Å²) in [5, 5.41) is 12.7. The standard InChI is InChI=1S/C17H26ClN3O3/c18-14-3-4-16(24-9-5-19)15(10-14)17(23)20-6-8-21-7-1-2-13(11-21)12-22/h3-4,10,13,22H,1-2,5-9,11-12,19H2,(H,20,23)/t13-/m0/s1. The minimum atomic E-state index is -0.208. The van der Waals surface area contributed by atoms with E-state index in [1.807, 2.05) is 0 Å². The van der Waals surface area contributed by atoms with Crippen molar-refractivity contribution in [1.82, 2.24) is 10.2 Å². The Morgan fingerprint density at radius 3 is 3.08 bits per heavy atom. The smallest absolute Gasteiger partial charge is 0.255 e. The Labute approximate surface area is 147 Å². The highest BCUT2D eigenvalue weighted by Gasteiger charge is 2.19. The lowest BCUT2D eigenvalue weighted by Crippen LogP contribution is -2.41. The molecule has 0 aliphatic carbocycles. The summed E-state index contributed by atoms with van der Waals surface area (Å²) in [6, 6.07) is 4.97. The second-order valence-electron chi connectivity index (χ2n) is 6.02. The Bertz CT molecular complexity index is 542. The van der Waals surface area contributed by atoms with Gasteiger partial charge in [-0.05, 0) is 43.5 Å². The van der Waals surface area contributed by atoms with E-state index in [0.29, 0.717) is 41.9 Å². The molecular formula is C17H26ClN3O3. The number of nitrogens with two attached hydrogens (primary N) is 1. The van der Waals surface area contributed by atoms with Crippen molar-refractivity contribution in [2.45, 2.75) is 12.8 Å². The summed E-state index contributed by atoms with van der Waals surface area (Å²) in [6.45, 7) is 4.15. The van der Waals surface area contributed by atoms with Crippen LogP contribution in [-0.2, 0) is 0 Å². The number of carbonyl (C=O) groups is 1. The molecule has 1 atom stereocenters. The van der Waals surface area contributed by atoms with Gasteiger partial charge in [-0.25, -0.2) is 0 Å². The van der Waals surface area contributed by atoms with Crippen molar-refractivity contribution in [2.24, 2.45) is 11.7 Å². The summed E-state index contributed by atoms with van der Waals surface area (Å²) in [5.41, 5.74) is 5.86. The van der Waals surface area contributed by atoms with Crippen molar-refractivity contribution in [3.05, 3.63) is 28.8 Å². The van der Waals surface area contributed by atoms with Crippen LogP contribution in [0.2, 0.25) is 5.02 Å². The molecule has 0 bridgehead atoms. The molecule has 1 aliphatic heterocycles. The number of amides is 1. The van der Waals surface area contributed by atoms with Crippen molar-refractivity contribution in [1.29, 1.82) is 0 Å². The number of aliphatic hydroxyl groups is 1. The molecule has 0 aromatic heterocycles. The van der Waals surface area contributed by atoms with Gasteiger partial charge >= 0.3 is 0 Å². The Morgan fingerprint density at radius 1 is 1.50 bits per heavy atom. The first kappa shape index (κ1) is 19.0. The number of ether oxygens (including phenoxy) is 1. The molecule has 2 rings (SSSR count). The first-order valence-electron chi connectivity index (χ1n) is 8.38. The number of likely N-dealkylation sites (tertiary alicyclic amines) is 1. The van der Waals surface area contributed by atoms with E-state index in [1.165, 1.54) is 0 Å². The van der Waals surface area contributed by atoms with Crippen LogP contribution in [0.3, 0.4) is 0 Å². The summed E-state index contributed by atoms with van der Waals surface area (Å²) in [6.07, 6.45) is 2.16. The Kier molecular flexibility index (Phi) is 7.78. The van der Waals surface area contributed by atoms with Gasteiger partial charge in [0.15, 0.2) is 0 Å². The Morgan fingerprint density at radius 2 is 2.33 bits per heavy atom. The molecule has 1 aromatic carbocycles. The van der Waals surface area contributed by atoms with Gasteiger partial charge in [0.2, 0.25) is 0 Å². The molecular weight excluding hydrogens is 330 g/mol. The third kappa shape index (κ3) is 5.63. The number of hydrogen-bond donors (Lipinski definition) is 3. The lowest BCUT2D eigenvalue weighted by Gasteiger charge is -2.31. The van der Waals surface area contributed by atoms with Gasteiger partial charge in [-0.3, -0.25) is 4.79 Å². The fourth-order valence-corrected chi connectivity index (χ4v) is 3.07. The number of nitrogens with one attached hydrogen (secondary N) is 1. The van der Waals surface area contributed by atoms with Gasteiger partial charge in [0.25, 0.3) is 5.91 Å². The molecule has 6 nitrogen and oxygen atoms in total. The first-order chi connectivity index (χ1) is 11.6. The van der Waals surface area contributed by atoms with E-state index in [1.54, 1.807) is 18.2 Å². The van der Waals surface area contributed by atoms with Crippen LogP contribution >= 0.6 is 11.6 Å². The van der Waals surface area contributed by atoms with Gasteiger partial charge in [-0.2, -0.15) is 0 Å². The van der Waals surface area contributed by atoms with Crippen LogP contribution in [0.4, 0.5) is 0 Å². The zero-order chi connectivity index (χ0) is 17.4. The SMILES string of the molecule is NCCOc1ccc(Cl)cc1C(=O)NCCN1CCC[C@H](CO)C1. The number of rotatable bonds is 8. The van der Waals surface area contributed by atoms with Crippen LogP contribution in [0.15, 0.2) is 18.2 Å². The number of nitrogens with zero attached hydrogens (tertiary/aromatic N) is 1. The molecule has 1 heterocycles. The molecule has 24 heavy (non-hydrogen) atoms. The molecule has 0 unspecified atom stereocenters. The lowest BCUT2D eigenvalue weighted by molar-refractivity contribution is 0.0927. The fraction of sp³-hybridized carbons (Fsp3) is 0.588. The van der Waals surface area contributed by atoms with Crippen molar-refractivity contribution in [3.63, 3.8) is 0 Å². The average molecular weight is 356 g/mol. The van der Waals surface area contributed by atoms with Crippen LogP contribution in [0.1, 0.15) is 23.2 Å². The lowest BCUT2D eigenvalue weighted by atomic mass is 9.99. The number of benzene rings is 1. The molecule has 0 saturated carbocycles. The number of halogens is 1. The van der Waals surface area contributed by atoms with E-state index in [-0.39, 0.29) is 12.5 Å². The maximum absolute atomic E-state index is 12.4. The predicted octanol–water partition coefficient (Wildman–Crippen LogP) is 1.11. The topological polar surface area (TPSA) is 87.8 Å². The molecule has 0 radical (unpaired) electrons. The maximum Gasteiger partial charge on any atom is 0.255 e. The molecule has 4 N–H and O–H groups in total. The third-order valence-electron chi connectivity index (χ3n) is 4.14. The molecule has 134 valence electrons. The highest BCUT2D eigenvalue weighted by Crippen LogP contribution is 2.23. The van der Waals surface area contributed by atoms with Crippen molar-refractivity contribution in [3.8, 4) is 5.75 Å². The highest BCUT2D eigenvalue weighted by atomic mass is 35.5. The van der Waals surface area contributed by atoms with Crippen LogP contribution in [-0.4, -0.2) is 61.9 Å². The van der Waals surface area contributed by atoms with Crippen LogP contribution in [0, 0.1) is 5.92 Å². The molecule has 0 spiro atoms. The summed E-state index contributed by atoms with van der Waals surface area (Å²) in [7, 11) is 0. The predicted molar refractivity (Wildman–Crippen MR) is 94.6 cm³/mol. The number of aliphatic hydroxyl groups excluding tert-OH is 1. The maximum atomic E-state index is 12.4. The minimum absolute atomic E-state index is 0.208. The largest absolute Gasteiger partial charge is 0.491 e. The van der Waals surface area contributed by atoms with E-state index >= 15 is 0 Å². The van der Waals surface area contributed by atoms with Gasteiger partial charge < -0.3 is 25.8 Å². The second-order valence-corrected chi connectivity index (χ2v) is 6.46. The van der Waals surface area contributed by atoms with E-state index < -0.39 is 0 Å². The van der Waals surface area contributed by atoms with E-state index in [2.05, 4.69) is 10.2 Å². The van der Waals surface area contributed by atoms with Gasteiger partial charge in [0, 0.05) is 37.8 Å². The highest BCUT2D eigenvalue weighted by molar-refractivity contribution is 6.31. The number of carbonyl (C=O) groups excluding carboxylic acids is 1. The fourth-order valence-electron chi connectivity index (χ4n) is 2.90. The summed E-state index contributed by atoms with van der Waals surface area (Å²) in [5.74, 6) is 0.625. The summed E-state index contributed by atoms with van der Waals surface area (Å²) < 4.78 is 5.50. The Hall–Kier alpha value is -1.34. The van der Waals surface area contributed by atoms with Crippen molar-refractivity contribution in [2.75, 3.05) is 45.9 Å². The first-order valence-corrected chi connectivity index (χ1v) is 8.75. The van der Waals surface area contributed by atoms with Gasteiger partial charge in [-0.1, -0.05) is 11.6 Å². The molecule has 1 saturated heterocycles. The molecule has 1 fully saturated rings. The summed E-state index contributed by atoms with van der Waals surface area (Å²) in [4.78, 5) is 14.7. The normalized spacial score (nSPS) is 18.4. The quantitative estimate of drug-likeness (QED) is 0.650. The molecule has 1 aliphatic rings. The Balaban J connectivity index is 1.86. The third-order valence-corrected chi connectivity index (χ3v) is 4.37. The molecule has 7 heteroatoms. The van der Waals surface area contributed by atoms with Gasteiger partial charge in [0.1, 0.15) is 12.4 Å². The minimum Gasteiger partial charge on any atom is -0.491 e. The van der Waals surface area contributed by atoms with E-state index in [0.717, 1.165) is 32.5 Å². The zero-order valence-electron chi connectivity index (χ0n) is 13.8. The zero-order valence-corrected chi connectivity index (χ0v) is 14.6. The monoisotopic (exact) mass is 355 g/mol. The number of piperidine rings is 1. The van der Waals surface area contributed by atoms with E-state index in [4.69, 9.17) is 22.1 Å². The molecule has 1 amide bonds. The average Bonchev–Trinajstić information content (AvgIpc) is 2.60. The molecule has 1 aromatic rings. The second kappa shape index (κ2) is 9.84. The van der Waals surface area contributed by atoms with Gasteiger partial charge in [0.05, 0.1) is 5.56 Å². The van der Waals surface area contributed by atoms with Gasteiger partial charge in [-0.15, -0.1) is 0 Å². The van der Waals surface area contributed by atoms with E-state index in [9.17, 15) is 9.90 Å². The van der Waals surface area contributed by atoms with Crippen molar-refractivity contribution < 1.29 is 14.6 Å². The van der Waals surface area contributed by atoms with Crippen LogP contribution < -0.4 is 15.8 Å².